The number of phenols is 1. The maximum absolute atomic E-state index is 9.87. The molecule has 0 heterocycles. The van der Waals surface area contributed by atoms with Crippen molar-refractivity contribution in [3.8, 4) is 5.75 Å². The molecule has 5 N–H and O–H groups in total. The highest BCUT2D eigenvalue weighted by Crippen LogP contribution is 2.39. The highest BCUT2D eigenvalue weighted by molar-refractivity contribution is 5.44. The van der Waals surface area contributed by atoms with E-state index in [1.807, 2.05) is 19.1 Å². The van der Waals surface area contributed by atoms with E-state index < -0.39 is 0 Å². The van der Waals surface area contributed by atoms with Crippen LogP contribution in [0.3, 0.4) is 0 Å². The van der Waals surface area contributed by atoms with Crippen LogP contribution in [0.15, 0.2) is 42.5 Å². The van der Waals surface area contributed by atoms with Gasteiger partial charge in [0.1, 0.15) is 5.75 Å². The Morgan fingerprint density at radius 1 is 1.07 bits per heavy atom. The number of anilines is 1. The normalized spacial score (nSPS) is 16.1. The highest BCUT2D eigenvalue weighted by Gasteiger charge is 2.28. The van der Waals surface area contributed by atoms with Gasteiger partial charge in [0.2, 0.25) is 0 Å². The van der Waals surface area contributed by atoms with Gasteiger partial charge in [-0.3, -0.25) is 0 Å². The number of aromatic hydroxyl groups is 1. The third kappa shape index (κ3) is 6.21. The molecule has 0 aliphatic heterocycles. The summed E-state index contributed by atoms with van der Waals surface area (Å²) in [4.78, 5) is 0. The molecule has 2 unspecified atom stereocenters. The van der Waals surface area contributed by atoms with Gasteiger partial charge >= 0.3 is 0 Å². The summed E-state index contributed by atoms with van der Waals surface area (Å²) in [6.45, 7) is 4.25. The van der Waals surface area contributed by atoms with Crippen molar-refractivity contribution in [1.82, 2.24) is 5.32 Å². The molecule has 0 amide bonds. The summed E-state index contributed by atoms with van der Waals surface area (Å²) in [5.74, 6) is 1.27. The fourth-order valence-electron chi connectivity index (χ4n) is 4.02. The van der Waals surface area contributed by atoms with Crippen LogP contribution in [0.25, 0.3) is 0 Å². The number of aliphatic hydroxyl groups is 2. The average molecular weight is 413 g/mol. The van der Waals surface area contributed by atoms with Crippen LogP contribution in [0.5, 0.6) is 5.75 Å². The van der Waals surface area contributed by atoms with E-state index >= 15 is 0 Å². The van der Waals surface area contributed by atoms with Gasteiger partial charge in [0.25, 0.3) is 0 Å². The minimum atomic E-state index is -0.306. The fraction of sp³-hybridized carbons (Fsp3) is 0.520. The monoisotopic (exact) mass is 412 g/mol. The van der Waals surface area contributed by atoms with Crippen LogP contribution < -0.4 is 10.6 Å². The van der Waals surface area contributed by atoms with Crippen molar-refractivity contribution in [1.29, 1.82) is 0 Å². The molecule has 0 aromatic heterocycles. The summed E-state index contributed by atoms with van der Waals surface area (Å²) in [6, 6.07) is 14.1. The number of hydrogen-bond donors (Lipinski definition) is 5. The second kappa shape index (κ2) is 11.3. The summed E-state index contributed by atoms with van der Waals surface area (Å²) in [6.07, 6.45) is 5.21. The largest absolute Gasteiger partial charge is 0.508 e. The van der Waals surface area contributed by atoms with Crippen LogP contribution in [0, 0.1) is 5.92 Å². The smallest absolute Gasteiger partial charge is 0.121 e. The first kappa shape index (κ1) is 22.6. The molecule has 30 heavy (non-hydrogen) atoms. The molecule has 2 aromatic rings. The van der Waals surface area contributed by atoms with Crippen LogP contribution in [-0.4, -0.2) is 41.1 Å². The van der Waals surface area contributed by atoms with Crippen LogP contribution in [0.1, 0.15) is 55.2 Å². The summed E-state index contributed by atoms with van der Waals surface area (Å²) in [5, 5.41) is 35.9. The lowest BCUT2D eigenvalue weighted by Gasteiger charge is -2.34. The highest BCUT2D eigenvalue weighted by atomic mass is 16.3. The standard InChI is InChI=1S/C25H36N2O3/c1-2-23(29)15-27-22-9-6-18(7-10-22)12-13-26-16-24(19-4-3-5-19)20-8-11-25(30)21(14-20)17-28/h6-11,14,19,23-24,26-30H,2-5,12-13,15-17H2,1H3. The molecule has 164 valence electrons. The molecule has 1 aliphatic rings. The molecule has 0 saturated heterocycles. The lowest BCUT2D eigenvalue weighted by atomic mass is 9.72. The van der Waals surface area contributed by atoms with Crippen LogP contribution >= 0.6 is 0 Å². The van der Waals surface area contributed by atoms with Gasteiger partial charge in [-0.2, -0.15) is 0 Å². The third-order valence-corrected chi connectivity index (χ3v) is 6.34. The first-order valence-electron chi connectivity index (χ1n) is 11.2. The Hall–Kier alpha value is -2.08. The molecule has 0 spiro atoms. The van der Waals surface area contributed by atoms with E-state index in [0.717, 1.165) is 31.6 Å². The lowest BCUT2D eigenvalue weighted by molar-refractivity contribution is 0.183. The minimum absolute atomic E-state index is 0.132. The topological polar surface area (TPSA) is 84.8 Å². The van der Waals surface area contributed by atoms with E-state index in [-0.39, 0.29) is 18.5 Å². The summed E-state index contributed by atoms with van der Waals surface area (Å²) >= 11 is 0. The minimum Gasteiger partial charge on any atom is -0.508 e. The van der Waals surface area contributed by atoms with Gasteiger partial charge < -0.3 is 26.0 Å². The van der Waals surface area contributed by atoms with Crippen molar-refractivity contribution in [2.45, 2.75) is 57.7 Å². The summed E-state index contributed by atoms with van der Waals surface area (Å²) in [7, 11) is 0. The first-order chi connectivity index (χ1) is 14.6. The SMILES string of the molecule is CCC(O)CNc1ccc(CCNCC(c2ccc(O)c(CO)c2)C2CCC2)cc1. The molecule has 1 fully saturated rings. The maximum atomic E-state index is 9.87. The summed E-state index contributed by atoms with van der Waals surface area (Å²) in [5.41, 5.74) is 4.14. The van der Waals surface area contributed by atoms with Gasteiger partial charge in [-0.15, -0.1) is 0 Å². The molecule has 0 radical (unpaired) electrons. The van der Waals surface area contributed by atoms with Crippen molar-refractivity contribution in [3.63, 3.8) is 0 Å². The molecule has 2 aromatic carbocycles. The fourth-order valence-corrected chi connectivity index (χ4v) is 4.02. The van der Waals surface area contributed by atoms with E-state index in [9.17, 15) is 15.3 Å². The Morgan fingerprint density at radius 2 is 1.83 bits per heavy atom. The molecular weight excluding hydrogens is 376 g/mol. The maximum Gasteiger partial charge on any atom is 0.121 e. The van der Waals surface area contributed by atoms with Crippen molar-refractivity contribution >= 4 is 5.69 Å². The van der Waals surface area contributed by atoms with Crippen LogP contribution in [0.2, 0.25) is 0 Å². The van der Waals surface area contributed by atoms with E-state index in [1.165, 1.54) is 30.4 Å². The molecule has 1 saturated carbocycles. The Bertz CT molecular complexity index is 774. The molecular formula is C25H36N2O3. The molecule has 5 heteroatoms. The van der Waals surface area contributed by atoms with Crippen LogP contribution in [-0.2, 0) is 13.0 Å². The van der Waals surface area contributed by atoms with E-state index in [0.29, 0.717) is 23.9 Å². The van der Waals surface area contributed by atoms with Gasteiger partial charge in [0.15, 0.2) is 0 Å². The van der Waals surface area contributed by atoms with Gasteiger partial charge in [-0.05, 0) is 79.5 Å². The van der Waals surface area contributed by atoms with Crippen molar-refractivity contribution in [2.75, 3.05) is 25.0 Å². The average Bonchev–Trinajstić information content (AvgIpc) is 2.74. The lowest BCUT2D eigenvalue weighted by Crippen LogP contribution is -2.31. The van der Waals surface area contributed by atoms with Gasteiger partial charge in [0.05, 0.1) is 12.7 Å². The quantitative estimate of drug-likeness (QED) is 0.343. The second-order valence-corrected chi connectivity index (χ2v) is 8.44. The van der Waals surface area contributed by atoms with E-state index in [2.05, 4.69) is 34.9 Å². The number of aliphatic hydroxyl groups excluding tert-OH is 2. The van der Waals surface area contributed by atoms with Gasteiger partial charge in [-0.1, -0.05) is 31.5 Å². The summed E-state index contributed by atoms with van der Waals surface area (Å²) < 4.78 is 0. The van der Waals surface area contributed by atoms with Crippen molar-refractivity contribution < 1.29 is 15.3 Å². The number of rotatable bonds is 12. The Kier molecular flexibility index (Phi) is 8.55. The molecule has 5 nitrogen and oxygen atoms in total. The Morgan fingerprint density at radius 3 is 2.47 bits per heavy atom. The molecule has 1 aliphatic carbocycles. The first-order valence-corrected chi connectivity index (χ1v) is 11.2. The van der Waals surface area contributed by atoms with Crippen molar-refractivity contribution in [3.05, 3.63) is 59.2 Å². The van der Waals surface area contributed by atoms with E-state index in [4.69, 9.17) is 0 Å². The molecule has 2 atom stereocenters. The van der Waals surface area contributed by atoms with Gasteiger partial charge in [-0.25, -0.2) is 0 Å². The van der Waals surface area contributed by atoms with E-state index in [1.54, 1.807) is 6.07 Å². The van der Waals surface area contributed by atoms with Gasteiger partial charge in [0, 0.05) is 24.3 Å². The zero-order valence-corrected chi connectivity index (χ0v) is 18.0. The number of benzene rings is 2. The molecule has 0 bridgehead atoms. The third-order valence-electron chi connectivity index (χ3n) is 6.34. The predicted molar refractivity (Wildman–Crippen MR) is 122 cm³/mol. The Balaban J connectivity index is 1.49. The van der Waals surface area contributed by atoms with Crippen molar-refractivity contribution in [2.24, 2.45) is 5.92 Å². The second-order valence-electron chi connectivity index (χ2n) is 8.44. The zero-order valence-electron chi connectivity index (χ0n) is 18.0. The predicted octanol–water partition coefficient (Wildman–Crippen LogP) is 3.78. The molecule has 3 rings (SSSR count). The van der Waals surface area contributed by atoms with Crippen LogP contribution in [0.4, 0.5) is 5.69 Å². The zero-order chi connectivity index (χ0) is 21.3. The number of hydrogen-bond acceptors (Lipinski definition) is 5. The Labute approximate surface area is 180 Å². The number of nitrogens with one attached hydrogen (secondary N) is 2.